The molecule has 3 nitrogen and oxygen atoms in total. The number of benzene rings is 1. The van der Waals surface area contributed by atoms with Crippen LogP contribution in [-0.2, 0) is 4.79 Å². The monoisotopic (exact) mass is 286 g/mol. The van der Waals surface area contributed by atoms with Gasteiger partial charge in [0.05, 0.1) is 5.70 Å². The SMILES string of the molecule is CCN1CCC(=O)CC1=C(c1ccccc1)N(CC)CC. The topological polar surface area (TPSA) is 23.6 Å². The van der Waals surface area contributed by atoms with Crippen LogP contribution in [0.4, 0.5) is 0 Å². The Morgan fingerprint density at radius 3 is 2.38 bits per heavy atom. The summed E-state index contributed by atoms with van der Waals surface area (Å²) in [6, 6.07) is 10.5. The second-order valence-electron chi connectivity index (χ2n) is 5.38. The van der Waals surface area contributed by atoms with Crippen molar-refractivity contribution in [3.05, 3.63) is 41.6 Å². The highest BCUT2D eigenvalue weighted by molar-refractivity contribution is 5.85. The van der Waals surface area contributed by atoms with Crippen molar-refractivity contribution >= 4 is 11.5 Å². The summed E-state index contributed by atoms with van der Waals surface area (Å²) in [5.41, 5.74) is 3.64. The van der Waals surface area contributed by atoms with Crippen LogP contribution in [0.1, 0.15) is 39.2 Å². The lowest BCUT2D eigenvalue weighted by Crippen LogP contribution is -2.35. The Hall–Kier alpha value is -1.77. The molecule has 1 saturated heterocycles. The molecule has 3 heteroatoms. The molecule has 0 aliphatic carbocycles. The average Bonchev–Trinajstić information content (AvgIpc) is 2.53. The summed E-state index contributed by atoms with van der Waals surface area (Å²) in [4.78, 5) is 16.7. The van der Waals surface area contributed by atoms with Crippen LogP contribution in [0.25, 0.3) is 5.70 Å². The van der Waals surface area contributed by atoms with Gasteiger partial charge in [-0.25, -0.2) is 0 Å². The number of hydrogen-bond acceptors (Lipinski definition) is 3. The summed E-state index contributed by atoms with van der Waals surface area (Å²) < 4.78 is 0. The zero-order valence-corrected chi connectivity index (χ0v) is 13.4. The van der Waals surface area contributed by atoms with Gasteiger partial charge in [0.2, 0.25) is 0 Å². The van der Waals surface area contributed by atoms with Gasteiger partial charge in [0.25, 0.3) is 0 Å². The van der Waals surface area contributed by atoms with E-state index in [0.29, 0.717) is 18.6 Å². The van der Waals surface area contributed by atoms with E-state index >= 15 is 0 Å². The quantitative estimate of drug-likeness (QED) is 0.829. The summed E-state index contributed by atoms with van der Waals surface area (Å²) in [5.74, 6) is 0.357. The molecule has 0 spiro atoms. The number of Topliss-reactive ketones (excluding diaryl/α,β-unsaturated/α-hetero) is 1. The van der Waals surface area contributed by atoms with Crippen LogP contribution >= 0.6 is 0 Å². The van der Waals surface area contributed by atoms with Gasteiger partial charge in [-0.05, 0) is 26.3 Å². The molecular weight excluding hydrogens is 260 g/mol. The van der Waals surface area contributed by atoms with Gasteiger partial charge in [-0.1, -0.05) is 30.3 Å². The molecule has 0 amide bonds. The molecule has 21 heavy (non-hydrogen) atoms. The third kappa shape index (κ3) is 3.46. The Labute approximate surface area is 128 Å². The maximum atomic E-state index is 12.0. The number of carbonyl (C=O) groups is 1. The maximum absolute atomic E-state index is 12.0. The van der Waals surface area contributed by atoms with Crippen molar-refractivity contribution < 1.29 is 4.79 Å². The molecule has 1 heterocycles. The molecule has 1 aromatic rings. The molecule has 1 aliphatic rings. The molecule has 1 aromatic carbocycles. The first-order valence-corrected chi connectivity index (χ1v) is 8.01. The lowest BCUT2D eigenvalue weighted by Gasteiger charge is -2.36. The van der Waals surface area contributed by atoms with Gasteiger partial charge in [0.1, 0.15) is 5.78 Å². The maximum Gasteiger partial charge on any atom is 0.140 e. The van der Waals surface area contributed by atoms with Crippen LogP contribution in [0, 0.1) is 0 Å². The highest BCUT2D eigenvalue weighted by atomic mass is 16.1. The number of piperidine rings is 1. The highest BCUT2D eigenvalue weighted by Crippen LogP contribution is 2.30. The van der Waals surface area contributed by atoms with Crippen molar-refractivity contribution in [1.29, 1.82) is 0 Å². The van der Waals surface area contributed by atoms with Crippen molar-refractivity contribution in [3.63, 3.8) is 0 Å². The molecule has 0 radical (unpaired) electrons. The van der Waals surface area contributed by atoms with E-state index in [4.69, 9.17) is 0 Å². The van der Waals surface area contributed by atoms with Crippen LogP contribution in [0.5, 0.6) is 0 Å². The Kier molecular flexibility index (Phi) is 5.43. The van der Waals surface area contributed by atoms with Crippen LogP contribution in [0.3, 0.4) is 0 Å². The molecule has 1 aliphatic heterocycles. The molecule has 2 rings (SSSR count). The first kappa shape index (κ1) is 15.6. The van der Waals surface area contributed by atoms with Crippen molar-refractivity contribution in [2.24, 2.45) is 0 Å². The van der Waals surface area contributed by atoms with E-state index < -0.39 is 0 Å². The van der Waals surface area contributed by atoms with Crippen LogP contribution in [0.15, 0.2) is 36.0 Å². The van der Waals surface area contributed by atoms with Crippen LogP contribution < -0.4 is 0 Å². The van der Waals surface area contributed by atoms with Gasteiger partial charge < -0.3 is 9.80 Å². The molecule has 0 unspecified atom stereocenters. The summed E-state index contributed by atoms with van der Waals surface area (Å²) in [6.45, 7) is 10.2. The fraction of sp³-hybridized carbons (Fsp3) is 0.500. The molecule has 0 bridgehead atoms. The lowest BCUT2D eigenvalue weighted by atomic mass is 9.99. The van der Waals surface area contributed by atoms with Crippen molar-refractivity contribution in [1.82, 2.24) is 9.80 Å². The van der Waals surface area contributed by atoms with Gasteiger partial charge in [0.15, 0.2) is 0 Å². The number of allylic oxidation sites excluding steroid dienone is 1. The van der Waals surface area contributed by atoms with Gasteiger partial charge in [0, 0.05) is 44.7 Å². The Morgan fingerprint density at radius 1 is 1.14 bits per heavy atom. The van der Waals surface area contributed by atoms with Gasteiger partial charge in [-0.2, -0.15) is 0 Å². The summed E-state index contributed by atoms with van der Waals surface area (Å²) in [7, 11) is 0. The van der Waals surface area contributed by atoms with E-state index in [1.165, 1.54) is 17.0 Å². The first-order valence-electron chi connectivity index (χ1n) is 8.01. The fourth-order valence-electron chi connectivity index (χ4n) is 3.03. The lowest BCUT2D eigenvalue weighted by molar-refractivity contribution is -0.120. The Balaban J connectivity index is 2.55. The van der Waals surface area contributed by atoms with E-state index in [0.717, 1.165) is 26.2 Å². The standard InChI is InChI=1S/C18H26N2O/c1-4-19(5-2)18(15-10-8-7-9-11-15)17-14-16(21)12-13-20(17)6-3/h7-11H,4-6,12-14H2,1-3H3. The molecule has 0 aromatic heterocycles. The molecule has 0 saturated carbocycles. The van der Waals surface area contributed by atoms with Gasteiger partial charge in [-0.3, -0.25) is 4.79 Å². The third-order valence-corrected chi connectivity index (χ3v) is 4.19. The van der Waals surface area contributed by atoms with E-state index in [1.807, 2.05) is 6.07 Å². The number of ketones is 1. The van der Waals surface area contributed by atoms with Crippen molar-refractivity contribution in [3.8, 4) is 0 Å². The molecular formula is C18H26N2O. The number of hydrogen-bond donors (Lipinski definition) is 0. The smallest absolute Gasteiger partial charge is 0.140 e. The zero-order valence-electron chi connectivity index (χ0n) is 13.4. The Morgan fingerprint density at radius 2 is 1.81 bits per heavy atom. The third-order valence-electron chi connectivity index (χ3n) is 4.19. The molecule has 1 fully saturated rings. The summed E-state index contributed by atoms with van der Waals surface area (Å²) in [6.07, 6.45) is 1.24. The molecule has 0 N–H and O–H groups in total. The Bertz CT molecular complexity index is 503. The summed E-state index contributed by atoms with van der Waals surface area (Å²) in [5, 5.41) is 0. The largest absolute Gasteiger partial charge is 0.373 e. The van der Waals surface area contributed by atoms with Crippen LogP contribution in [0.2, 0.25) is 0 Å². The average molecular weight is 286 g/mol. The van der Waals surface area contributed by atoms with E-state index in [1.54, 1.807) is 0 Å². The molecule has 0 atom stereocenters. The van der Waals surface area contributed by atoms with Crippen molar-refractivity contribution in [2.45, 2.75) is 33.6 Å². The normalized spacial score (nSPS) is 17.9. The van der Waals surface area contributed by atoms with E-state index in [9.17, 15) is 4.79 Å². The number of nitrogens with zero attached hydrogens (tertiary/aromatic N) is 2. The number of rotatable bonds is 5. The number of likely N-dealkylation sites (tertiary alicyclic amines) is 1. The summed E-state index contributed by atoms with van der Waals surface area (Å²) >= 11 is 0. The molecule has 114 valence electrons. The highest BCUT2D eigenvalue weighted by Gasteiger charge is 2.25. The minimum Gasteiger partial charge on any atom is -0.373 e. The first-order chi connectivity index (χ1) is 10.2. The predicted octanol–water partition coefficient (Wildman–Crippen LogP) is 3.38. The van der Waals surface area contributed by atoms with Crippen LogP contribution in [-0.4, -0.2) is 41.8 Å². The second kappa shape index (κ2) is 7.30. The van der Waals surface area contributed by atoms with E-state index in [-0.39, 0.29) is 0 Å². The minimum atomic E-state index is 0.357. The van der Waals surface area contributed by atoms with Gasteiger partial charge >= 0.3 is 0 Å². The zero-order chi connectivity index (χ0) is 15.2. The van der Waals surface area contributed by atoms with Crippen molar-refractivity contribution in [2.75, 3.05) is 26.2 Å². The van der Waals surface area contributed by atoms with E-state index in [2.05, 4.69) is 54.8 Å². The fourth-order valence-corrected chi connectivity index (χ4v) is 3.03. The minimum absolute atomic E-state index is 0.357. The predicted molar refractivity (Wildman–Crippen MR) is 87.8 cm³/mol. The van der Waals surface area contributed by atoms with Gasteiger partial charge in [-0.15, -0.1) is 0 Å². The second-order valence-corrected chi connectivity index (χ2v) is 5.38. The number of carbonyl (C=O) groups excluding carboxylic acids is 1.